The van der Waals surface area contributed by atoms with Crippen molar-refractivity contribution in [1.29, 1.82) is 0 Å². The predicted molar refractivity (Wildman–Crippen MR) is 80.6 cm³/mol. The molecule has 1 aromatic rings. The minimum absolute atomic E-state index is 0.0313. The summed E-state index contributed by atoms with van der Waals surface area (Å²) in [4.78, 5) is 25.2. The summed E-state index contributed by atoms with van der Waals surface area (Å²) in [6, 6.07) is 6.19. The van der Waals surface area contributed by atoms with Gasteiger partial charge in [0.25, 0.3) is 0 Å². The van der Waals surface area contributed by atoms with Gasteiger partial charge in [-0.25, -0.2) is 0 Å². The number of halogens is 1. The van der Waals surface area contributed by atoms with Gasteiger partial charge in [0.05, 0.1) is 6.42 Å². The summed E-state index contributed by atoms with van der Waals surface area (Å²) in [7, 11) is 0. The molecule has 0 heterocycles. The molecule has 0 aliphatic carbocycles. The van der Waals surface area contributed by atoms with Gasteiger partial charge in [0.2, 0.25) is 11.8 Å². The van der Waals surface area contributed by atoms with Gasteiger partial charge in [0.1, 0.15) is 6.04 Å². The molecule has 0 aliphatic heterocycles. The van der Waals surface area contributed by atoms with E-state index in [9.17, 15) is 9.59 Å². The fourth-order valence-corrected chi connectivity index (χ4v) is 2.07. The maximum atomic E-state index is 12.0. The first kappa shape index (κ1) is 16.3. The number of carbonyl (C=O) groups is 2. The molecule has 1 atom stereocenters. The number of nitrogens with two attached hydrogens (primary N) is 1. The third-order valence-electron chi connectivity index (χ3n) is 3.00. The molecular formula is C14H20ClN3O2. The van der Waals surface area contributed by atoms with Gasteiger partial charge in [0, 0.05) is 23.8 Å². The molecule has 0 saturated heterocycles. The summed E-state index contributed by atoms with van der Waals surface area (Å²) >= 11 is 5.88. The van der Waals surface area contributed by atoms with Crippen molar-refractivity contribution in [2.24, 2.45) is 5.73 Å². The topological polar surface area (TPSA) is 75.4 Å². The molecule has 0 spiro atoms. The number of primary amides is 1. The molecule has 0 fully saturated rings. The van der Waals surface area contributed by atoms with Crippen molar-refractivity contribution in [3.8, 4) is 0 Å². The van der Waals surface area contributed by atoms with Gasteiger partial charge in [-0.3, -0.25) is 9.59 Å². The number of anilines is 1. The first-order valence-corrected chi connectivity index (χ1v) is 6.94. The lowest BCUT2D eigenvalue weighted by Crippen LogP contribution is -2.41. The van der Waals surface area contributed by atoms with E-state index in [1.807, 2.05) is 13.8 Å². The molecule has 0 aromatic heterocycles. The lowest BCUT2D eigenvalue weighted by molar-refractivity contribution is -0.133. The minimum Gasteiger partial charge on any atom is -0.373 e. The Morgan fingerprint density at radius 2 is 2.00 bits per heavy atom. The Morgan fingerprint density at radius 1 is 1.35 bits per heavy atom. The van der Waals surface area contributed by atoms with Crippen LogP contribution in [0.15, 0.2) is 24.3 Å². The van der Waals surface area contributed by atoms with Crippen LogP contribution in [0, 0.1) is 0 Å². The van der Waals surface area contributed by atoms with Gasteiger partial charge < -0.3 is 16.0 Å². The van der Waals surface area contributed by atoms with Crippen LogP contribution in [0.3, 0.4) is 0 Å². The van der Waals surface area contributed by atoms with Gasteiger partial charge in [0.15, 0.2) is 0 Å². The zero-order valence-corrected chi connectivity index (χ0v) is 12.5. The first-order valence-electron chi connectivity index (χ1n) is 6.57. The molecule has 0 bridgehead atoms. The van der Waals surface area contributed by atoms with Crippen LogP contribution in [0.5, 0.6) is 0 Å². The van der Waals surface area contributed by atoms with E-state index in [2.05, 4.69) is 5.32 Å². The first-order chi connectivity index (χ1) is 9.47. The van der Waals surface area contributed by atoms with Crippen LogP contribution in [-0.4, -0.2) is 35.8 Å². The minimum atomic E-state index is -0.749. The van der Waals surface area contributed by atoms with Crippen LogP contribution >= 0.6 is 11.6 Å². The Kier molecular flexibility index (Phi) is 6.31. The Morgan fingerprint density at radius 3 is 2.50 bits per heavy atom. The third-order valence-corrected chi connectivity index (χ3v) is 3.24. The average Bonchev–Trinajstić information content (AvgIpc) is 2.39. The molecule has 1 rings (SSSR count). The summed E-state index contributed by atoms with van der Waals surface area (Å²) < 4.78 is 0. The maximum absolute atomic E-state index is 12.0. The molecule has 2 amide bonds. The second kappa shape index (κ2) is 7.75. The summed E-state index contributed by atoms with van der Waals surface area (Å²) in [6.07, 6.45) is 0.0313. The summed E-state index contributed by atoms with van der Waals surface area (Å²) in [5, 5.41) is 3.50. The number of nitrogens with zero attached hydrogens (tertiary/aromatic N) is 1. The standard InChI is InChI=1S/C14H20ClN3O2/c1-3-18(4-2)13(19)9-12(14(16)20)17-11-7-5-6-10(15)8-11/h5-8,12,17H,3-4,9H2,1-2H3,(H2,16,20). The number of carbonyl (C=O) groups excluding carboxylic acids is 2. The SMILES string of the molecule is CCN(CC)C(=O)CC(Nc1cccc(Cl)c1)C(N)=O. The van der Waals surface area contributed by atoms with Gasteiger partial charge in [-0.2, -0.15) is 0 Å². The van der Waals surface area contributed by atoms with Crippen LogP contribution in [-0.2, 0) is 9.59 Å². The van der Waals surface area contributed by atoms with Crippen molar-refractivity contribution in [2.45, 2.75) is 26.3 Å². The van der Waals surface area contributed by atoms with Crippen molar-refractivity contribution in [3.05, 3.63) is 29.3 Å². The van der Waals surface area contributed by atoms with Gasteiger partial charge in [-0.05, 0) is 32.0 Å². The molecule has 0 aliphatic rings. The fraction of sp³-hybridized carbons (Fsp3) is 0.429. The fourth-order valence-electron chi connectivity index (χ4n) is 1.88. The molecule has 110 valence electrons. The van der Waals surface area contributed by atoms with E-state index < -0.39 is 11.9 Å². The Hall–Kier alpha value is -1.75. The Labute approximate surface area is 124 Å². The van der Waals surface area contributed by atoms with Crippen molar-refractivity contribution in [1.82, 2.24) is 4.90 Å². The highest BCUT2D eigenvalue weighted by Gasteiger charge is 2.21. The zero-order chi connectivity index (χ0) is 15.1. The van der Waals surface area contributed by atoms with Crippen LogP contribution in [0.1, 0.15) is 20.3 Å². The highest BCUT2D eigenvalue weighted by atomic mass is 35.5. The third kappa shape index (κ3) is 4.74. The van der Waals surface area contributed by atoms with Crippen LogP contribution in [0.2, 0.25) is 5.02 Å². The summed E-state index contributed by atoms with van der Waals surface area (Å²) in [5.41, 5.74) is 6.01. The molecule has 0 radical (unpaired) electrons. The van der Waals surface area contributed by atoms with Crippen molar-refractivity contribution >= 4 is 29.1 Å². The van der Waals surface area contributed by atoms with E-state index in [1.54, 1.807) is 29.2 Å². The second-order valence-electron chi connectivity index (χ2n) is 4.38. The summed E-state index contributed by atoms with van der Waals surface area (Å²) in [5.74, 6) is -0.668. The van der Waals surface area contributed by atoms with E-state index in [4.69, 9.17) is 17.3 Å². The number of amides is 2. The van der Waals surface area contributed by atoms with E-state index in [0.717, 1.165) is 0 Å². The maximum Gasteiger partial charge on any atom is 0.240 e. The second-order valence-corrected chi connectivity index (χ2v) is 4.82. The molecule has 1 unspecified atom stereocenters. The van der Waals surface area contributed by atoms with Gasteiger partial charge in [-0.1, -0.05) is 17.7 Å². The molecule has 20 heavy (non-hydrogen) atoms. The largest absolute Gasteiger partial charge is 0.373 e. The molecular weight excluding hydrogens is 278 g/mol. The number of benzene rings is 1. The highest BCUT2D eigenvalue weighted by molar-refractivity contribution is 6.30. The van der Waals surface area contributed by atoms with Crippen molar-refractivity contribution < 1.29 is 9.59 Å². The van der Waals surface area contributed by atoms with Crippen LogP contribution in [0.4, 0.5) is 5.69 Å². The van der Waals surface area contributed by atoms with Crippen molar-refractivity contribution in [2.75, 3.05) is 18.4 Å². The number of hydrogen-bond donors (Lipinski definition) is 2. The highest BCUT2D eigenvalue weighted by Crippen LogP contribution is 2.16. The monoisotopic (exact) mass is 297 g/mol. The van der Waals surface area contributed by atoms with E-state index >= 15 is 0 Å². The number of nitrogens with one attached hydrogen (secondary N) is 1. The number of rotatable bonds is 7. The normalized spacial score (nSPS) is 11.8. The number of hydrogen-bond acceptors (Lipinski definition) is 3. The van der Waals surface area contributed by atoms with Crippen LogP contribution in [0.25, 0.3) is 0 Å². The molecule has 6 heteroatoms. The van der Waals surface area contributed by atoms with E-state index in [-0.39, 0.29) is 12.3 Å². The van der Waals surface area contributed by atoms with E-state index in [1.165, 1.54) is 0 Å². The molecule has 1 aromatic carbocycles. The predicted octanol–water partition coefficient (Wildman–Crippen LogP) is 1.86. The molecule has 5 nitrogen and oxygen atoms in total. The lowest BCUT2D eigenvalue weighted by Gasteiger charge is -2.22. The quantitative estimate of drug-likeness (QED) is 0.806. The Balaban J connectivity index is 2.75. The van der Waals surface area contributed by atoms with Gasteiger partial charge >= 0.3 is 0 Å². The Bertz CT molecular complexity index is 475. The zero-order valence-electron chi connectivity index (χ0n) is 11.7. The van der Waals surface area contributed by atoms with Crippen molar-refractivity contribution in [3.63, 3.8) is 0 Å². The molecule has 3 N–H and O–H groups in total. The average molecular weight is 298 g/mol. The van der Waals surface area contributed by atoms with E-state index in [0.29, 0.717) is 23.8 Å². The lowest BCUT2D eigenvalue weighted by atomic mass is 10.1. The summed E-state index contributed by atoms with van der Waals surface area (Å²) in [6.45, 7) is 5.01. The van der Waals surface area contributed by atoms with Crippen LogP contribution < -0.4 is 11.1 Å². The molecule has 0 saturated carbocycles. The smallest absolute Gasteiger partial charge is 0.240 e. The van der Waals surface area contributed by atoms with Gasteiger partial charge in [-0.15, -0.1) is 0 Å².